The lowest BCUT2D eigenvalue weighted by atomic mass is 10.1. The third kappa shape index (κ3) is 7.60. The summed E-state index contributed by atoms with van der Waals surface area (Å²) < 4.78 is 46.6. The molecule has 0 saturated carbocycles. The highest BCUT2D eigenvalue weighted by molar-refractivity contribution is 5.74. The van der Waals surface area contributed by atoms with E-state index in [0.29, 0.717) is 18.7 Å². The van der Waals surface area contributed by atoms with Gasteiger partial charge in [0.1, 0.15) is 5.75 Å². The zero-order valence-electron chi connectivity index (χ0n) is 17.9. The van der Waals surface area contributed by atoms with Gasteiger partial charge < -0.3 is 19.7 Å². The number of carbonyl (C=O) groups is 1. The summed E-state index contributed by atoms with van der Waals surface area (Å²) in [6.45, 7) is 2.50. The van der Waals surface area contributed by atoms with Gasteiger partial charge in [0.05, 0.1) is 7.11 Å². The van der Waals surface area contributed by atoms with Gasteiger partial charge in [-0.1, -0.05) is 12.1 Å². The molecule has 3 rings (SSSR count). The van der Waals surface area contributed by atoms with Crippen molar-refractivity contribution in [1.29, 1.82) is 0 Å². The molecule has 174 valence electrons. The zero-order valence-corrected chi connectivity index (χ0v) is 17.9. The van der Waals surface area contributed by atoms with Crippen LogP contribution < -0.4 is 14.8 Å². The van der Waals surface area contributed by atoms with E-state index in [9.17, 15) is 18.0 Å². The van der Waals surface area contributed by atoms with Gasteiger partial charge in [-0.15, -0.1) is 0 Å². The normalized spacial score (nSPS) is 14.8. The van der Waals surface area contributed by atoms with Crippen molar-refractivity contribution in [3.05, 3.63) is 53.7 Å². The summed E-state index contributed by atoms with van der Waals surface area (Å²) >= 11 is 0. The molecule has 0 unspecified atom stereocenters. The number of nitrogens with zero attached hydrogens (tertiary/aromatic N) is 3. The summed E-state index contributed by atoms with van der Waals surface area (Å²) in [4.78, 5) is 20.3. The summed E-state index contributed by atoms with van der Waals surface area (Å²) in [6.07, 6.45) is -2.14. The molecular formula is C22H27F3N4O3. The molecule has 10 heteroatoms. The second-order valence-electron chi connectivity index (χ2n) is 7.49. The Hall–Kier alpha value is -3.01. The Kier molecular flexibility index (Phi) is 8.15. The highest BCUT2D eigenvalue weighted by atomic mass is 19.4. The van der Waals surface area contributed by atoms with Crippen LogP contribution in [-0.4, -0.2) is 73.4 Å². The van der Waals surface area contributed by atoms with Gasteiger partial charge in [0.2, 0.25) is 5.88 Å². The molecule has 2 aromatic rings. The maximum absolute atomic E-state index is 12.4. The predicted octanol–water partition coefficient (Wildman–Crippen LogP) is 3.10. The maximum Gasteiger partial charge on any atom is 0.422 e. The van der Waals surface area contributed by atoms with Crippen molar-refractivity contribution in [2.75, 3.05) is 46.4 Å². The number of hydrogen-bond donors (Lipinski definition) is 1. The number of amides is 2. The lowest BCUT2D eigenvalue weighted by molar-refractivity contribution is -0.154. The standard InChI is InChI=1S/C22H27F3N4O3/c1-31-19-4-2-17(3-5-19)7-9-28-10-12-29(13-11-28)21(30)27-15-18-6-8-26-20(14-18)32-16-22(23,24)25/h2-6,8,14H,7,9-13,15-16H2,1H3,(H,27,30). The van der Waals surface area contributed by atoms with E-state index in [2.05, 4.69) is 32.1 Å². The number of urea groups is 1. The van der Waals surface area contributed by atoms with E-state index >= 15 is 0 Å². The molecule has 1 aromatic carbocycles. The molecule has 0 atom stereocenters. The van der Waals surface area contributed by atoms with Gasteiger partial charge in [0, 0.05) is 51.5 Å². The Morgan fingerprint density at radius 3 is 2.47 bits per heavy atom. The fourth-order valence-corrected chi connectivity index (χ4v) is 3.34. The van der Waals surface area contributed by atoms with E-state index in [1.807, 2.05) is 12.1 Å². The average Bonchev–Trinajstić information content (AvgIpc) is 2.80. The second-order valence-corrected chi connectivity index (χ2v) is 7.49. The van der Waals surface area contributed by atoms with Crippen LogP contribution in [0.5, 0.6) is 11.6 Å². The van der Waals surface area contributed by atoms with E-state index < -0.39 is 12.8 Å². The fourth-order valence-electron chi connectivity index (χ4n) is 3.34. The molecule has 2 heterocycles. The minimum Gasteiger partial charge on any atom is -0.497 e. The first kappa shape index (κ1) is 23.6. The van der Waals surface area contributed by atoms with E-state index in [0.717, 1.165) is 31.8 Å². The summed E-state index contributed by atoms with van der Waals surface area (Å²) in [7, 11) is 1.64. The Bertz CT molecular complexity index is 869. The molecule has 1 aliphatic heterocycles. The molecule has 1 aromatic heterocycles. The first-order valence-corrected chi connectivity index (χ1v) is 10.3. The maximum atomic E-state index is 12.4. The Labute approximate surface area is 185 Å². The third-order valence-electron chi connectivity index (χ3n) is 5.16. The molecule has 0 bridgehead atoms. The smallest absolute Gasteiger partial charge is 0.422 e. The molecule has 1 aliphatic rings. The molecule has 1 saturated heterocycles. The molecule has 0 aliphatic carbocycles. The van der Waals surface area contributed by atoms with Crippen molar-refractivity contribution in [2.45, 2.75) is 19.1 Å². The minimum absolute atomic E-state index is 0.125. The van der Waals surface area contributed by atoms with Crippen LogP contribution >= 0.6 is 0 Å². The van der Waals surface area contributed by atoms with Gasteiger partial charge in [0.15, 0.2) is 6.61 Å². The molecule has 1 fully saturated rings. The van der Waals surface area contributed by atoms with Crippen molar-refractivity contribution in [2.24, 2.45) is 0 Å². The number of aromatic nitrogens is 1. The van der Waals surface area contributed by atoms with E-state index in [1.54, 1.807) is 18.1 Å². The van der Waals surface area contributed by atoms with Crippen LogP contribution in [0.25, 0.3) is 0 Å². The predicted molar refractivity (Wildman–Crippen MR) is 113 cm³/mol. The first-order chi connectivity index (χ1) is 15.3. The Balaban J connectivity index is 1.38. The number of nitrogens with one attached hydrogen (secondary N) is 1. The summed E-state index contributed by atoms with van der Waals surface area (Å²) in [5, 5.41) is 2.80. The van der Waals surface area contributed by atoms with Crippen molar-refractivity contribution in [3.63, 3.8) is 0 Å². The average molecular weight is 452 g/mol. The number of rotatable bonds is 8. The molecule has 1 N–H and O–H groups in total. The van der Waals surface area contributed by atoms with Crippen molar-refractivity contribution in [3.8, 4) is 11.6 Å². The second kappa shape index (κ2) is 11.0. The molecule has 0 radical (unpaired) electrons. The highest BCUT2D eigenvalue weighted by Crippen LogP contribution is 2.17. The fraction of sp³-hybridized carbons (Fsp3) is 0.455. The van der Waals surface area contributed by atoms with E-state index in [4.69, 9.17) is 4.74 Å². The number of methoxy groups -OCH3 is 1. The third-order valence-corrected chi connectivity index (χ3v) is 5.16. The Morgan fingerprint density at radius 1 is 1.09 bits per heavy atom. The highest BCUT2D eigenvalue weighted by Gasteiger charge is 2.28. The van der Waals surface area contributed by atoms with Gasteiger partial charge in [-0.2, -0.15) is 13.2 Å². The van der Waals surface area contributed by atoms with Crippen molar-refractivity contribution < 1.29 is 27.4 Å². The van der Waals surface area contributed by atoms with Gasteiger partial charge in [-0.05, 0) is 35.7 Å². The van der Waals surface area contributed by atoms with Crippen LogP contribution in [-0.2, 0) is 13.0 Å². The van der Waals surface area contributed by atoms with Crippen LogP contribution in [0.15, 0.2) is 42.6 Å². The van der Waals surface area contributed by atoms with Gasteiger partial charge in [-0.25, -0.2) is 9.78 Å². The molecule has 0 spiro atoms. The number of pyridine rings is 1. The number of alkyl halides is 3. The lowest BCUT2D eigenvalue weighted by Crippen LogP contribution is -2.51. The largest absolute Gasteiger partial charge is 0.497 e. The number of carbonyl (C=O) groups excluding carboxylic acids is 1. The summed E-state index contributed by atoms with van der Waals surface area (Å²) in [6, 6.07) is 10.8. The topological polar surface area (TPSA) is 66.9 Å². The van der Waals surface area contributed by atoms with Gasteiger partial charge in [0.25, 0.3) is 0 Å². The summed E-state index contributed by atoms with van der Waals surface area (Å²) in [5.74, 6) is 0.713. The summed E-state index contributed by atoms with van der Waals surface area (Å²) in [5.41, 5.74) is 1.85. The number of benzene rings is 1. The quantitative estimate of drug-likeness (QED) is 0.667. The monoisotopic (exact) mass is 452 g/mol. The van der Waals surface area contributed by atoms with Gasteiger partial charge in [-0.3, -0.25) is 4.90 Å². The van der Waals surface area contributed by atoms with Crippen LogP contribution in [0.1, 0.15) is 11.1 Å². The molecular weight excluding hydrogens is 425 g/mol. The number of halogens is 3. The molecule has 2 amide bonds. The molecule has 7 nitrogen and oxygen atoms in total. The minimum atomic E-state index is -4.43. The first-order valence-electron chi connectivity index (χ1n) is 10.3. The molecule has 32 heavy (non-hydrogen) atoms. The van der Waals surface area contributed by atoms with Crippen LogP contribution in [0.4, 0.5) is 18.0 Å². The lowest BCUT2D eigenvalue weighted by Gasteiger charge is -2.34. The van der Waals surface area contributed by atoms with Crippen LogP contribution in [0.3, 0.4) is 0 Å². The number of piperazine rings is 1. The van der Waals surface area contributed by atoms with Crippen molar-refractivity contribution in [1.82, 2.24) is 20.1 Å². The van der Waals surface area contributed by atoms with E-state index in [-0.39, 0.29) is 18.5 Å². The Morgan fingerprint density at radius 2 is 1.81 bits per heavy atom. The zero-order chi connectivity index (χ0) is 23.0. The van der Waals surface area contributed by atoms with Crippen molar-refractivity contribution >= 4 is 6.03 Å². The SMILES string of the molecule is COc1ccc(CCN2CCN(C(=O)NCc3ccnc(OCC(F)(F)F)c3)CC2)cc1. The number of ether oxygens (including phenoxy) is 2. The van der Waals surface area contributed by atoms with Gasteiger partial charge >= 0.3 is 12.2 Å². The van der Waals surface area contributed by atoms with Crippen LogP contribution in [0, 0.1) is 0 Å². The van der Waals surface area contributed by atoms with Crippen LogP contribution in [0.2, 0.25) is 0 Å². The van der Waals surface area contributed by atoms with E-state index in [1.165, 1.54) is 17.8 Å². The number of hydrogen-bond acceptors (Lipinski definition) is 5.